The molecule has 0 spiro atoms. The van der Waals surface area contributed by atoms with Gasteiger partial charge in [-0.2, -0.15) is 4.31 Å². The van der Waals surface area contributed by atoms with Crippen LogP contribution in [0.15, 0.2) is 89.8 Å². The summed E-state index contributed by atoms with van der Waals surface area (Å²) in [7, 11) is -2.64. The van der Waals surface area contributed by atoms with Gasteiger partial charge in [0.05, 0.1) is 4.90 Å². The molecule has 29 heavy (non-hydrogen) atoms. The van der Waals surface area contributed by atoms with E-state index < -0.39 is 22.0 Å². The van der Waals surface area contributed by atoms with Crippen molar-refractivity contribution in [3.63, 3.8) is 0 Å². The number of carboxylic acid groups (broad SMARTS) is 1. The second kappa shape index (κ2) is 8.89. The van der Waals surface area contributed by atoms with Crippen molar-refractivity contribution in [1.29, 1.82) is 0 Å². The van der Waals surface area contributed by atoms with Crippen LogP contribution in [0.1, 0.15) is 5.56 Å². The van der Waals surface area contributed by atoms with E-state index in [1.54, 1.807) is 42.5 Å². The second-order valence-electron chi connectivity index (χ2n) is 6.45. The second-order valence-corrected chi connectivity index (χ2v) is 8.45. The normalized spacial score (nSPS) is 12.5. The summed E-state index contributed by atoms with van der Waals surface area (Å²) in [6, 6.07) is 22.8. The van der Waals surface area contributed by atoms with Gasteiger partial charge in [0.2, 0.25) is 10.0 Å². The van der Waals surface area contributed by atoms with Crippen LogP contribution in [0.25, 0.3) is 0 Å². The molecule has 0 fully saturated rings. The molecule has 0 saturated heterocycles. The fourth-order valence-electron chi connectivity index (χ4n) is 2.84. The van der Waals surface area contributed by atoms with Gasteiger partial charge in [-0.1, -0.05) is 48.5 Å². The van der Waals surface area contributed by atoms with Crippen LogP contribution in [0.2, 0.25) is 0 Å². The lowest BCUT2D eigenvalue weighted by molar-refractivity contribution is -0.141. The lowest BCUT2D eigenvalue weighted by Gasteiger charge is -2.24. The van der Waals surface area contributed by atoms with E-state index in [1.165, 1.54) is 19.2 Å². The van der Waals surface area contributed by atoms with Gasteiger partial charge in [-0.3, -0.25) is 4.79 Å². The maximum absolute atomic E-state index is 12.8. The zero-order valence-corrected chi connectivity index (χ0v) is 16.6. The number of rotatable bonds is 8. The number of carbonyl (C=O) groups is 1. The molecule has 0 bridgehead atoms. The average Bonchev–Trinajstić information content (AvgIpc) is 2.74. The molecule has 0 aliphatic rings. The van der Waals surface area contributed by atoms with Crippen LogP contribution < -0.4 is 4.74 Å². The van der Waals surface area contributed by atoms with Gasteiger partial charge in [0.25, 0.3) is 0 Å². The molecule has 0 saturated carbocycles. The SMILES string of the molecule is CN([C@H](Cc1ccc(Oc2ccccc2)cc1)C(=O)O)S(=O)(=O)c1ccccc1. The lowest BCUT2D eigenvalue weighted by Crippen LogP contribution is -2.43. The molecular formula is C22H21NO5S. The van der Waals surface area contributed by atoms with E-state index in [0.29, 0.717) is 17.1 Å². The minimum atomic E-state index is -3.92. The zero-order chi connectivity index (χ0) is 20.9. The maximum atomic E-state index is 12.8. The van der Waals surface area contributed by atoms with E-state index in [0.717, 1.165) is 4.31 Å². The summed E-state index contributed by atoms with van der Waals surface area (Å²) in [5.41, 5.74) is 0.688. The van der Waals surface area contributed by atoms with Crippen molar-refractivity contribution < 1.29 is 23.1 Å². The molecule has 0 amide bonds. The Kier molecular flexibility index (Phi) is 6.31. The molecule has 0 aliphatic carbocycles. The molecule has 7 heteroatoms. The summed E-state index contributed by atoms with van der Waals surface area (Å²) in [5.74, 6) is 0.0889. The monoisotopic (exact) mass is 411 g/mol. The highest BCUT2D eigenvalue weighted by Crippen LogP contribution is 2.23. The highest BCUT2D eigenvalue weighted by atomic mass is 32.2. The van der Waals surface area contributed by atoms with E-state index >= 15 is 0 Å². The predicted octanol–water partition coefficient (Wildman–Crippen LogP) is 3.80. The molecule has 6 nitrogen and oxygen atoms in total. The minimum absolute atomic E-state index is 0.0313. The number of para-hydroxylation sites is 1. The molecule has 0 aromatic heterocycles. The first-order valence-electron chi connectivity index (χ1n) is 8.95. The Bertz CT molecular complexity index is 1050. The summed E-state index contributed by atoms with van der Waals surface area (Å²) < 4.78 is 32.2. The minimum Gasteiger partial charge on any atom is -0.480 e. The molecule has 3 aromatic carbocycles. The Hall–Kier alpha value is -3.16. The molecule has 1 N–H and O–H groups in total. The van der Waals surface area contributed by atoms with E-state index in [4.69, 9.17) is 4.74 Å². The Balaban J connectivity index is 1.76. The topological polar surface area (TPSA) is 83.9 Å². The molecule has 0 heterocycles. The van der Waals surface area contributed by atoms with Gasteiger partial charge in [0.15, 0.2) is 0 Å². The van der Waals surface area contributed by atoms with Crippen LogP contribution in [0.4, 0.5) is 0 Å². The molecular weight excluding hydrogens is 390 g/mol. The van der Waals surface area contributed by atoms with Crippen LogP contribution in [-0.4, -0.2) is 36.9 Å². The highest BCUT2D eigenvalue weighted by molar-refractivity contribution is 7.89. The van der Waals surface area contributed by atoms with Gasteiger partial charge in [-0.05, 0) is 48.4 Å². The van der Waals surface area contributed by atoms with Gasteiger partial charge >= 0.3 is 5.97 Å². The van der Waals surface area contributed by atoms with Gasteiger partial charge < -0.3 is 9.84 Å². The Labute approximate surface area is 170 Å². The molecule has 150 valence electrons. The quantitative estimate of drug-likeness (QED) is 0.610. The number of hydrogen-bond donors (Lipinski definition) is 1. The van der Waals surface area contributed by atoms with Crippen molar-refractivity contribution in [3.05, 3.63) is 90.5 Å². The highest BCUT2D eigenvalue weighted by Gasteiger charge is 2.32. The first-order chi connectivity index (χ1) is 13.9. The number of likely N-dealkylation sites (N-methyl/N-ethyl adjacent to an activating group) is 1. The third-order valence-corrected chi connectivity index (χ3v) is 6.36. The predicted molar refractivity (Wildman–Crippen MR) is 109 cm³/mol. The fourth-order valence-corrected chi connectivity index (χ4v) is 4.17. The summed E-state index contributed by atoms with van der Waals surface area (Å²) in [5, 5.41) is 9.63. The summed E-state index contributed by atoms with van der Waals surface area (Å²) in [4.78, 5) is 11.9. The standard InChI is InChI=1S/C22H21NO5S/c1-23(29(26,27)20-10-6-3-7-11-20)21(22(24)25)16-17-12-14-19(15-13-17)28-18-8-4-2-5-9-18/h2-15,21H,16H2,1H3,(H,24,25)/t21-/m1/s1. The van der Waals surface area contributed by atoms with Crippen molar-refractivity contribution >= 4 is 16.0 Å². The van der Waals surface area contributed by atoms with Gasteiger partial charge in [0, 0.05) is 7.05 Å². The molecule has 3 aromatic rings. The van der Waals surface area contributed by atoms with E-state index in [1.807, 2.05) is 30.3 Å². The number of benzene rings is 3. The zero-order valence-electron chi connectivity index (χ0n) is 15.8. The van der Waals surface area contributed by atoms with E-state index in [2.05, 4.69) is 0 Å². The number of nitrogens with zero attached hydrogens (tertiary/aromatic N) is 1. The van der Waals surface area contributed by atoms with E-state index in [-0.39, 0.29) is 11.3 Å². The Morgan fingerprint density at radius 3 is 1.97 bits per heavy atom. The number of aliphatic carboxylic acids is 1. The Morgan fingerprint density at radius 2 is 1.41 bits per heavy atom. The van der Waals surface area contributed by atoms with E-state index in [9.17, 15) is 18.3 Å². The Morgan fingerprint density at radius 1 is 0.897 bits per heavy atom. The van der Waals surface area contributed by atoms with Gasteiger partial charge in [-0.15, -0.1) is 0 Å². The molecule has 0 aliphatic heterocycles. The number of sulfonamides is 1. The summed E-state index contributed by atoms with van der Waals surface area (Å²) >= 11 is 0. The van der Waals surface area contributed by atoms with Crippen LogP contribution in [-0.2, 0) is 21.2 Å². The molecule has 0 radical (unpaired) electrons. The number of ether oxygens (including phenoxy) is 1. The first-order valence-corrected chi connectivity index (χ1v) is 10.4. The van der Waals surface area contributed by atoms with Crippen LogP contribution in [0, 0.1) is 0 Å². The van der Waals surface area contributed by atoms with Gasteiger partial charge in [0.1, 0.15) is 17.5 Å². The number of hydrogen-bond acceptors (Lipinski definition) is 4. The third-order valence-electron chi connectivity index (χ3n) is 4.48. The van der Waals surface area contributed by atoms with Crippen molar-refractivity contribution in [2.45, 2.75) is 17.4 Å². The third kappa shape index (κ3) is 5.01. The maximum Gasteiger partial charge on any atom is 0.322 e. The smallest absolute Gasteiger partial charge is 0.322 e. The van der Waals surface area contributed by atoms with Gasteiger partial charge in [-0.25, -0.2) is 8.42 Å². The molecule has 0 unspecified atom stereocenters. The van der Waals surface area contributed by atoms with Crippen molar-refractivity contribution in [1.82, 2.24) is 4.31 Å². The number of carboxylic acids is 1. The largest absolute Gasteiger partial charge is 0.480 e. The van der Waals surface area contributed by atoms with Crippen molar-refractivity contribution in [2.75, 3.05) is 7.05 Å². The van der Waals surface area contributed by atoms with Crippen molar-refractivity contribution in [3.8, 4) is 11.5 Å². The van der Waals surface area contributed by atoms with Crippen LogP contribution in [0.5, 0.6) is 11.5 Å². The molecule has 1 atom stereocenters. The first kappa shape index (κ1) is 20.6. The average molecular weight is 411 g/mol. The fraction of sp³-hybridized carbons (Fsp3) is 0.136. The van der Waals surface area contributed by atoms with Crippen molar-refractivity contribution in [2.24, 2.45) is 0 Å². The summed E-state index contributed by atoms with van der Waals surface area (Å²) in [6.07, 6.45) is 0.0313. The molecule has 3 rings (SSSR count). The van der Waals surface area contributed by atoms with Crippen LogP contribution >= 0.6 is 0 Å². The van der Waals surface area contributed by atoms with Crippen LogP contribution in [0.3, 0.4) is 0 Å². The summed E-state index contributed by atoms with van der Waals surface area (Å²) in [6.45, 7) is 0. The lowest BCUT2D eigenvalue weighted by atomic mass is 10.1.